The molecule has 0 aromatic heterocycles. The molecule has 0 fully saturated rings. The summed E-state index contributed by atoms with van der Waals surface area (Å²) in [5, 5.41) is 6.12. The summed E-state index contributed by atoms with van der Waals surface area (Å²) in [5.41, 5.74) is 9.50. The molecule has 0 saturated carbocycles. The molecule has 0 aliphatic carbocycles. The van der Waals surface area contributed by atoms with Crippen LogP contribution in [0, 0.1) is 0 Å². The molecule has 0 spiro atoms. The molecule has 0 radical (unpaired) electrons. The summed E-state index contributed by atoms with van der Waals surface area (Å²) in [6.45, 7) is 3.43. The van der Waals surface area contributed by atoms with Gasteiger partial charge < -0.3 is 16.4 Å². The van der Waals surface area contributed by atoms with Crippen LogP contribution in [-0.4, -0.2) is 5.91 Å². The van der Waals surface area contributed by atoms with Crippen molar-refractivity contribution in [1.82, 2.24) is 5.32 Å². The van der Waals surface area contributed by atoms with Crippen LogP contribution >= 0.6 is 15.9 Å². The summed E-state index contributed by atoms with van der Waals surface area (Å²) < 4.78 is 1.00. The Bertz CT molecular complexity index is 658. The van der Waals surface area contributed by atoms with Gasteiger partial charge in [-0.05, 0) is 42.8 Å². The molecule has 2 rings (SSSR count). The fourth-order valence-electron chi connectivity index (χ4n) is 2.07. The first kappa shape index (κ1) is 15.4. The van der Waals surface area contributed by atoms with Gasteiger partial charge in [-0.25, -0.2) is 0 Å². The van der Waals surface area contributed by atoms with E-state index in [1.165, 1.54) is 6.92 Å². The lowest BCUT2D eigenvalue weighted by atomic mass is 10.1. The van der Waals surface area contributed by atoms with Crippen LogP contribution in [0.3, 0.4) is 0 Å². The Balaban J connectivity index is 2.17. The number of hydrogen-bond donors (Lipinski definition) is 3. The smallest absolute Gasteiger partial charge is 0.217 e. The van der Waals surface area contributed by atoms with Crippen LogP contribution in [-0.2, 0) is 4.79 Å². The maximum absolute atomic E-state index is 11.1. The molecule has 0 unspecified atom stereocenters. The van der Waals surface area contributed by atoms with E-state index in [0.717, 1.165) is 21.4 Å². The molecule has 2 aromatic rings. The number of hydrogen-bond acceptors (Lipinski definition) is 3. The van der Waals surface area contributed by atoms with E-state index in [-0.39, 0.29) is 11.9 Å². The number of nitrogen functional groups attached to an aromatic ring is 1. The van der Waals surface area contributed by atoms with Crippen molar-refractivity contribution in [2.24, 2.45) is 0 Å². The number of carbonyl (C=O) groups is 1. The van der Waals surface area contributed by atoms with Crippen LogP contribution in [0.25, 0.3) is 0 Å². The molecule has 21 heavy (non-hydrogen) atoms. The van der Waals surface area contributed by atoms with Crippen molar-refractivity contribution in [3.63, 3.8) is 0 Å². The average molecular weight is 348 g/mol. The van der Waals surface area contributed by atoms with Gasteiger partial charge in [0.25, 0.3) is 0 Å². The molecule has 2 aromatic carbocycles. The van der Waals surface area contributed by atoms with Crippen LogP contribution in [0.4, 0.5) is 17.1 Å². The molecule has 0 bridgehead atoms. The lowest BCUT2D eigenvalue weighted by Gasteiger charge is -2.16. The highest BCUT2D eigenvalue weighted by atomic mass is 79.9. The Hall–Kier alpha value is -2.01. The number of nitrogens with two attached hydrogens (primary N) is 1. The molecule has 4 N–H and O–H groups in total. The molecular formula is C16H18BrN3O. The van der Waals surface area contributed by atoms with Crippen LogP contribution in [0.5, 0.6) is 0 Å². The molecule has 0 aliphatic heterocycles. The summed E-state index contributed by atoms with van der Waals surface area (Å²) in [6, 6.07) is 13.6. The molecule has 110 valence electrons. The molecule has 0 aliphatic rings. The van der Waals surface area contributed by atoms with Crippen LogP contribution < -0.4 is 16.4 Å². The second kappa shape index (κ2) is 6.63. The number of halogens is 1. The van der Waals surface area contributed by atoms with Crippen molar-refractivity contribution in [2.75, 3.05) is 11.1 Å². The average Bonchev–Trinajstić information content (AvgIpc) is 2.40. The molecule has 5 heteroatoms. The monoisotopic (exact) mass is 347 g/mol. The highest BCUT2D eigenvalue weighted by Gasteiger charge is 2.09. The van der Waals surface area contributed by atoms with E-state index < -0.39 is 0 Å². The van der Waals surface area contributed by atoms with Gasteiger partial charge in [-0.15, -0.1) is 0 Å². The number of anilines is 3. The minimum Gasteiger partial charge on any atom is -0.397 e. The van der Waals surface area contributed by atoms with Crippen molar-refractivity contribution in [3.8, 4) is 0 Å². The molecular weight excluding hydrogens is 330 g/mol. The van der Waals surface area contributed by atoms with Gasteiger partial charge in [0.15, 0.2) is 0 Å². The molecule has 4 nitrogen and oxygen atoms in total. The van der Waals surface area contributed by atoms with Crippen molar-refractivity contribution in [1.29, 1.82) is 0 Å². The minimum atomic E-state index is -0.0651. The number of benzene rings is 2. The Kier molecular flexibility index (Phi) is 4.85. The lowest BCUT2D eigenvalue weighted by Crippen LogP contribution is -2.23. The van der Waals surface area contributed by atoms with Gasteiger partial charge >= 0.3 is 0 Å². The van der Waals surface area contributed by atoms with Gasteiger partial charge in [0.2, 0.25) is 5.91 Å². The zero-order valence-corrected chi connectivity index (χ0v) is 13.6. The number of rotatable bonds is 4. The zero-order chi connectivity index (χ0) is 15.4. The standard InChI is InChI=1S/C16H18BrN3O/c1-10(19-11(2)21)12-6-7-16(15(18)8-12)20-14-5-3-4-13(17)9-14/h3-10,20H,18H2,1-2H3,(H,19,21)/t10-/m1/s1. The zero-order valence-electron chi connectivity index (χ0n) is 12.0. The molecule has 0 saturated heterocycles. The van der Waals surface area contributed by atoms with Gasteiger partial charge in [0.05, 0.1) is 17.4 Å². The first-order chi connectivity index (χ1) is 9.95. The summed E-state index contributed by atoms with van der Waals surface area (Å²) in [5.74, 6) is -0.0580. The topological polar surface area (TPSA) is 67.2 Å². The molecule has 0 heterocycles. The predicted molar refractivity (Wildman–Crippen MR) is 90.5 cm³/mol. The number of amides is 1. The summed E-state index contributed by atoms with van der Waals surface area (Å²) in [7, 11) is 0. The number of nitrogens with one attached hydrogen (secondary N) is 2. The Morgan fingerprint density at radius 2 is 2.00 bits per heavy atom. The third-order valence-corrected chi connectivity index (χ3v) is 3.59. The predicted octanol–water partition coefficient (Wildman–Crippen LogP) is 3.97. The van der Waals surface area contributed by atoms with Gasteiger partial charge in [0.1, 0.15) is 0 Å². The van der Waals surface area contributed by atoms with E-state index >= 15 is 0 Å². The van der Waals surface area contributed by atoms with E-state index in [1.807, 2.05) is 49.4 Å². The quantitative estimate of drug-likeness (QED) is 0.733. The van der Waals surface area contributed by atoms with Crippen LogP contribution in [0.15, 0.2) is 46.9 Å². The van der Waals surface area contributed by atoms with E-state index in [1.54, 1.807) is 0 Å². The third-order valence-electron chi connectivity index (χ3n) is 3.10. The van der Waals surface area contributed by atoms with E-state index in [0.29, 0.717) is 5.69 Å². The first-order valence-electron chi connectivity index (χ1n) is 6.65. The van der Waals surface area contributed by atoms with Crippen molar-refractivity contribution in [3.05, 3.63) is 52.5 Å². The van der Waals surface area contributed by atoms with Crippen molar-refractivity contribution in [2.45, 2.75) is 19.9 Å². The van der Waals surface area contributed by atoms with Gasteiger partial charge in [-0.2, -0.15) is 0 Å². The summed E-state index contributed by atoms with van der Waals surface area (Å²) >= 11 is 3.44. The van der Waals surface area contributed by atoms with E-state index in [4.69, 9.17) is 5.73 Å². The largest absolute Gasteiger partial charge is 0.397 e. The van der Waals surface area contributed by atoms with E-state index in [2.05, 4.69) is 26.6 Å². The highest BCUT2D eigenvalue weighted by molar-refractivity contribution is 9.10. The maximum Gasteiger partial charge on any atom is 0.217 e. The van der Waals surface area contributed by atoms with Gasteiger partial charge in [-0.3, -0.25) is 4.79 Å². The van der Waals surface area contributed by atoms with Gasteiger partial charge in [-0.1, -0.05) is 28.1 Å². The second-order valence-corrected chi connectivity index (χ2v) is 5.82. The summed E-state index contributed by atoms with van der Waals surface area (Å²) in [6.07, 6.45) is 0. The van der Waals surface area contributed by atoms with Crippen molar-refractivity contribution >= 4 is 38.9 Å². The highest BCUT2D eigenvalue weighted by Crippen LogP contribution is 2.27. The number of carbonyl (C=O) groups excluding carboxylic acids is 1. The Morgan fingerprint density at radius 3 is 2.62 bits per heavy atom. The maximum atomic E-state index is 11.1. The third kappa shape index (κ3) is 4.23. The van der Waals surface area contributed by atoms with Crippen LogP contribution in [0.2, 0.25) is 0 Å². The lowest BCUT2D eigenvalue weighted by molar-refractivity contribution is -0.119. The Morgan fingerprint density at radius 1 is 1.24 bits per heavy atom. The summed E-state index contributed by atoms with van der Waals surface area (Å²) in [4.78, 5) is 11.1. The molecule has 1 atom stereocenters. The van der Waals surface area contributed by atoms with Crippen LogP contribution in [0.1, 0.15) is 25.5 Å². The first-order valence-corrected chi connectivity index (χ1v) is 7.44. The fraction of sp³-hybridized carbons (Fsp3) is 0.188. The van der Waals surface area contributed by atoms with Crippen molar-refractivity contribution < 1.29 is 4.79 Å². The molecule has 1 amide bonds. The Labute approximate surface area is 132 Å². The normalized spacial score (nSPS) is 11.8. The minimum absolute atomic E-state index is 0.0580. The van der Waals surface area contributed by atoms with Gasteiger partial charge in [0, 0.05) is 17.1 Å². The second-order valence-electron chi connectivity index (χ2n) is 4.90. The van der Waals surface area contributed by atoms with E-state index in [9.17, 15) is 4.79 Å². The SMILES string of the molecule is CC(=O)N[C@H](C)c1ccc(Nc2cccc(Br)c2)c(N)c1. The fourth-order valence-corrected chi connectivity index (χ4v) is 2.47.